The van der Waals surface area contributed by atoms with Crippen LogP contribution in [0.5, 0.6) is 0 Å². The van der Waals surface area contributed by atoms with Crippen LogP contribution < -0.4 is 2.93 Å². The Kier molecular flexibility index (Phi) is 3.22. The summed E-state index contributed by atoms with van der Waals surface area (Å²) in [4.78, 5) is 0. The molecular formula is C5H5ClSTe. The quantitative estimate of drug-likeness (QED) is 0.555. The molecule has 0 amide bonds. The summed E-state index contributed by atoms with van der Waals surface area (Å²) in [6.45, 7) is 0. The Morgan fingerprint density at radius 3 is 3.12 bits per heavy atom. The fraction of sp³-hybridized carbons (Fsp3) is 0.200. The van der Waals surface area contributed by atoms with Gasteiger partial charge in [0.2, 0.25) is 0 Å². The van der Waals surface area contributed by atoms with Crippen molar-refractivity contribution in [3.05, 3.63) is 17.5 Å². The number of thiophene rings is 1. The summed E-state index contributed by atoms with van der Waals surface area (Å²) < 4.78 is 2.37. The van der Waals surface area contributed by atoms with Crippen molar-refractivity contribution in [1.82, 2.24) is 0 Å². The van der Waals surface area contributed by atoms with Gasteiger partial charge in [0.1, 0.15) is 0 Å². The minimum atomic E-state index is -0.00522. The third-order valence-corrected chi connectivity index (χ3v) is 5.21. The average Bonchev–Trinajstić information content (AvgIpc) is 2.19. The van der Waals surface area contributed by atoms with E-state index in [4.69, 9.17) is 11.6 Å². The Balaban J connectivity index is 2.50. The topological polar surface area (TPSA) is 0 Å². The van der Waals surface area contributed by atoms with Crippen molar-refractivity contribution < 1.29 is 0 Å². The van der Waals surface area contributed by atoms with Crippen LogP contribution >= 0.6 is 22.9 Å². The van der Waals surface area contributed by atoms with Crippen molar-refractivity contribution >= 4 is 46.8 Å². The van der Waals surface area contributed by atoms with Gasteiger partial charge in [-0.3, -0.25) is 0 Å². The van der Waals surface area contributed by atoms with Gasteiger partial charge < -0.3 is 0 Å². The fourth-order valence-electron chi connectivity index (χ4n) is 0.399. The van der Waals surface area contributed by atoms with Gasteiger partial charge >= 0.3 is 68.2 Å². The molecule has 0 radical (unpaired) electrons. The van der Waals surface area contributed by atoms with E-state index < -0.39 is 0 Å². The molecule has 3 heteroatoms. The van der Waals surface area contributed by atoms with Crippen LogP contribution in [0.2, 0.25) is 0 Å². The summed E-state index contributed by atoms with van der Waals surface area (Å²) in [5.74, 6) is 0. The predicted octanol–water partition coefficient (Wildman–Crippen LogP) is 1.27. The molecule has 0 aliphatic heterocycles. The average molecular weight is 260 g/mol. The van der Waals surface area contributed by atoms with Crippen LogP contribution in [-0.4, -0.2) is 24.9 Å². The van der Waals surface area contributed by atoms with E-state index in [1.54, 1.807) is 0 Å². The molecule has 1 aromatic rings. The van der Waals surface area contributed by atoms with Gasteiger partial charge in [-0.1, -0.05) is 0 Å². The first kappa shape index (κ1) is 6.89. The molecule has 44 valence electrons. The molecule has 0 nitrogen and oxygen atoms in total. The SMILES string of the molecule is ClC[Te]c1cccs1. The molecule has 0 aliphatic rings. The van der Waals surface area contributed by atoms with Crippen LogP contribution in [0.3, 0.4) is 0 Å². The van der Waals surface area contributed by atoms with E-state index in [2.05, 4.69) is 17.5 Å². The van der Waals surface area contributed by atoms with Crippen LogP contribution in [0, 0.1) is 0 Å². The summed E-state index contributed by atoms with van der Waals surface area (Å²) in [7, 11) is 0. The first-order valence-electron chi connectivity index (χ1n) is 2.16. The first-order chi connectivity index (χ1) is 3.93. The van der Waals surface area contributed by atoms with Gasteiger partial charge in [-0.2, -0.15) is 0 Å². The molecule has 1 rings (SSSR count). The second kappa shape index (κ2) is 3.74. The maximum atomic E-state index is 5.56. The summed E-state index contributed by atoms with van der Waals surface area (Å²) in [5, 5.41) is 2.10. The predicted molar refractivity (Wildman–Crippen MR) is 40.4 cm³/mol. The standard InChI is InChI=1S/C5H5ClSTe/c6-4-8-5-2-1-3-7-5/h1-3H,4H2. The normalized spacial score (nSPS) is 9.62. The van der Waals surface area contributed by atoms with E-state index in [1.807, 2.05) is 11.3 Å². The molecular weight excluding hydrogens is 255 g/mol. The van der Waals surface area contributed by atoms with Gasteiger partial charge in [-0.15, -0.1) is 0 Å². The summed E-state index contributed by atoms with van der Waals surface area (Å²) in [5.41, 5.74) is 0. The van der Waals surface area contributed by atoms with Crippen molar-refractivity contribution in [2.24, 2.45) is 0 Å². The van der Waals surface area contributed by atoms with Crippen LogP contribution in [0.25, 0.3) is 0 Å². The van der Waals surface area contributed by atoms with Crippen molar-refractivity contribution in [3.8, 4) is 0 Å². The zero-order chi connectivity index (χ0) is 5.82. The molecule has 0 spiro atoms. The van der Waals surface area contributed by atoms with Crippen molar-refractivity contribution in [2.45, 2.75) is 0 Å². The molecule has 0 bridgehead atoms. The van der Waals surface area contributed by atoms with Crippen LogP contribution in [0.1, 0.15) is 0 Å². The molecule has 0 aromatic carbocycles. The molecule has 0 saturated carbocycles. The van der Waals surface area contributed by atoms with E-state index in [-0.39, 0.29) is 20.9 Å². The van der Waals surface area contributed by atoms with Crippen molar-refractivity contribution in [3.63, 3.8) is 0 Å². The third kappa shape index (κ3) is 1.95. The molecule has 0 N–H and O–H groups in total. The Morgan fingerprint density at radius 1 is 1.75 bits per heavy atom. The maximum absolute atomic E-state index is 5.56. The van der Waals surface area contributed by atoms with E-state index in [9.17, 15) is 0 Å². The Labute approximate surface area is 67.9 Å². The Morgan fingerprint density at radius 2 is 2.62 bits per heavy atom. The summed E-state index contributed by atoms with van der Waals surface area (Å²) >= 11 is 7.37. The van der Waals surface area contributed by atoms with E-state index in [1.165, 1.54) is 2.93 Å². The van der Waals surface area contributed by atoms with Gasteiger partial charge in [0.05, 0.1) is 0 Å². The summed E-state index contributed by atoms with van der Waals surface area (Å²) in [6.07, 6.45) is 0. The van der Waals surface area contributed by atoms with Crippen LogP contribution in [0.15, 0.2) is 17.5 Å². The fourth-order valence-corrected chi connectivity index (χ4v) is 4.40. The van der Waals surface area contributed by atoms with E-state index >= 15 is 0 Å². The monoisotopic (exact) mass is 262 g/mol. The minimum absolute atomic E-state index is 0.00522. The number of rotatable bonds is 2. The van der Waals surface area contributed by atoms with Crippen molar-refractivity contribution in [2.75, 3.05) is 3.93 Å². The van der Waals surface area contributed by atoms with Gasteiger partial charge in [0, 0.05) is 0 Å². The van der Waals surface area contributed by atoms with Crippen LogP contribution in [0.4, 0.5) is 0 Å². The molecule has 0 fully saturated rings. The number of hydrogen-bond acceptors (Lipinski definition) is 1. The first-order valence-corrected chi connectivity index (χ1v) is 6.38. The second-order valence-corrected chi connectivity index (χ2v) is 7.11. The van der Waals surface area contributed by atoms with Gasteiger partial charge in [0.15, 0.2) is 0 Å². The molecule has 0 unspecified atom stereocenters. The van der Waals surface area contributed by atoms with E-state index in [0.29, 0.717) is 0 Å². The Bertz CT molecular complexity index is 138. The molecule has 0 saturated heterocycles. The van der Waals surface area contributed by atoms with Gasteiger partial charge in [-0.05, 0) is 0 Å². The molecule has 1 aromatic heterocycles. The van der Waals surface area contributed by atoms with Gasteiger partial charge in [-0.25, -0.2) is 0 Å². The van der Waals surface area contributed by atoms with Gasteiger partial charge in [0.25, 0.3) is 0 Å². The number of halogens is 1. The second-order valence-electron chi connectivity index (χ2n) is 1.19. The third-order valence-electron chi connectivity index (χ3n) is 0.692. The zero-order valence-corrected chi connectivity index (χ0v) is 8.04. The molecule has 0 aliphatic carbocycles. The van der Waals surface area contributed by atoms with E-state index in [0.717, 1.165) is 3.93 Å². The molecule has 8 heavy (non-hydrogen) atoms. The zero-order valence-electron chi connectivity index (χ0n) is 4.13. The number of hydrogen-bond donors (Lipinski definition) is 0. The molecule has 1 heterocycles. The van der Waals surface area contributed by atoms with Crippen molar-refractivity contribution in [1.29, 1.82) is 0 Å². The Hall–Kier alpha value is 0.780. The summed E-state index contributed by atoms with van der Waals surface area (Å²) in [6, 6.07) is 4.24. The number of alkyl halides is 1. The molecule has 0 atom stereocenters. The van der Waals surface area contributed by atoms with Crippen LogP contribution in [-0.2, 0) is 0 Å².